The van der Waals surface area contributed by atoms with Crippen molar-refractivity contribution in [3.8, 4) is 0 Å². The fourth-order valence-electron chi connectivity index (χ4n) is 4.93. The Morgan fingerprint density at radius 2 is 1.47 bits per heavy atom. The molecule has 0 aromatic heterocycles. The van der Waals surface area contributed by atoms with Gasteiger partial charge in [-0.05, 0) is 81.7 Å². The van der Waals surface area contributed by atoms with E-state index in [1.165, 1.54) is 71.0 Å². The highest BCUT2D eigenvalue weighted by Gasteiger charge is 2.39. The summed E-state index contributed by atoms with van der Waals surface area (Å²) >= 11 is 0. The smallest absolute Gasteiger partial charge is 0.475 e. The van der Waals surface area contributed by atoms with Crippen LogP contribution in [0.5, 0.6) is 0 Å². The summed E-state index contributed by atoms with van der Waals surface area (Å²) in [6.45, 7) is 5.72. The molecule has 3 fully saturated rings. The van der Waals surface area contributed by atoms with Gasteiger partial charge in [0.25, 0.3) is 0 Å². The van der Waals surface area contributed by atoms with Crippen molar-refractivity contribution < 1.29 is 27.9 Å². The summed E-state index contributed by atoms with van der Waals surface area (Å²) in [7, 11) is 0. The van der Waals surface area contributed by atoms with Gasteiger partial charge in [-0.15, -0.1) is 0 Å². The minimum atomic E-state index is -5.08. The maximum atomic E-state index is 12.3. The lowest BCUT2D eigenvalue weighted by molar-refractivity contribution is -0.192. The molecule has 0 unspecified atom stereocenters. The van der Waals surface area contributed by atoms with Gasteiger partial charge < -0.3 is 14.9 Å². The molecule has 0 radical (unpaired) electrons. The monoisotopic (exact) mass is 430 g/mol. The third kappa shape index (κ3) is 6.72. The highest BCUT2D eigenvalue weighted by molar-refractivity contribution is 5.77. The lowest BCUT2D eigenvalue weighted by atomic mass is 9.65. The molecular weight excluding hydrogens is 397 g/mol. The number of carbonyl (C=O) groups excluding carboxylic acids is 1. The summed E-state index contributed by atoms with van der Waals surface area (Å²) in [4.78, 5) is 25.9. The molecule has 0 aromatic rings. The van der Waals surface area contributed by atoms with Gasteiger partial charge in [0, 0.05) is 26.1 Å². The summed E-state index contributed by atoms with van der Waals surface area (Å²) in [6.07, 6.45) is 11.0. The third-order valence-electron chi connectivity index (χ3n) is 7.17. The van der Waals surface area contributed by atoms with Crippen molar-refractivity contribution >= 4 is 11.9 Å². The van der Waals surface area contributed by atoms with Crippen LogP contribution >= 0.6 is 0 Å². The number of aliphatic carboxylic acids is 1. The minimum Gasteiger partial charge on any atom is -0.475 e. The highest BCUT2D eigenvalue weighted by atomic mass is 19.4. The van der Waals surface area contributed by atoms with Crippen LogP contribution in [0.4, 0.5) is 13.2 Å². The number of carboxylic acids is 1. The van der Waals surface area contributed by atoms with Crippen LogP contribution in [0.25, 0.3) is 0 Å². The average molecular weight is 431 g/mol. The Hall–Kier alpha value is -1.57. The second-order valence-electron chi connectivity index (χ2n) is 9.46. The van der Waals surface area contributed by atoms with Crippen molar-refractivity contribution in [1.82, 2.24) is 9.80 Å². The lowest BCUT2D eigenvalue weighted by Gasteiger charge is -2.46. The number of piperidine rings is 1. The lowest BCUT2D eigenvalue weighted by Crippen LogP contribution is -2.43. The predicted molar refractivity (Wildman–Crippen MR) is 107 cm³/mol. The first-order valence-corrected chi connectivity index (χ1v) is 11.1. The molecule has 2 saturated carbocycles. The van der Waals surface area contributed by atoms with Crippen molar-refractivity contribution in [1.29, 1.82) is 0 Å². The first-order chi connectivity index (χ1) is 14.2. The molecule has 4 rings (SSSR count). The van der Waals surface area contributed by atoms with Gasteiger partial charge in [-0.3, -0.25) is 4.79 Å². The fraction of sp³-hybridized carbons (Fsp3) is 0.818. The summed E-state index contributed by atoms with van der Waals surface area (Å²) < 4.78 is 31.7. The van der Waals surface area contributed by atoms with Gasteiger partial charge in [-0.2, -0.15) is 13.2 Å². The standard InChI is InChI=1S/C20H32N2O.C2HF3O2/c23-19(22-11-1-2-12-22)15-17-5-7-20(8-6-17)9-13-21(14-10-20)16-18-3-4-18;3-2(4,5)1(6)7/h1-2,17-18H,3-16H2;(H,6,7). The summed E-state index contributed by atoms with van der Waals surface area (Å²) in [5.41, 5.74) is 0.634. The Morgan fingerprint density at radius 3 is 1.93 bits per heavy atom. The SMILES string of the molecule is O=C(CC1CCC2(CC1)CCN(CC1CC1)CC2)N1CC=CC1.O=C(O)C(F)(F)F. The van der Waals surface area contributed by atoms with Crippen molar-refractivity contribution in [3.63, 3.8) is 0 Å². The number of halogens is 3. The Morgan fingerprint density at radius 1 is 0.933 bits per heavy atom. The van der Waals surface area contributed by atoms with Crippen LogP contribution in [-0.2, 0) is 9.59 Å². The highest BCUT2D eigenvalue weighted by Crippen LogP contribution is 2.47. The first-order valence-electron chi connectivity index (χ1n) is 11.1. The molecule has 1 spiro atoms. The largest absolute Gasteiger partial charge is 0.490 e. The van der Waals surface area contributed by atoms with Crippen LogP contribution in [0.15, 0.2) is 12.2 Å². The Labute approximate surface area is 176 Å². The van der Waals surface area contributed by atoms with E-state index in [1.54, 1.807) is 0 Å². The Balaban J connectivity index is 0.000000318. The van der Waals surface area contributed by atoms with Gasteiger partial charge in [0.1, 0.15) is 0 Å². The maximum Gasteiger partial charge on any atom is 0.490 e. The normalized spacial score (nSPS) is 24.6. The van der Waals surface area contributed by atoms with E-state index in [1.807, 2.05) is 4.90 Å². The fourth-order valence-corrected chi connectivity index (χ4v) is 4.93. The Bertz CT molecular complexity index is 620. The molecule has 1 N–H and O–H groups in total. The number of carbonyl (C=O) groups is 2. The molecule has 2 heterocycles. The van der Waals surface area contributed by atoms with Crippen LogP contribution in [0.2, 0.25) is 0 Å². The van der Waals surface area contributed by atoms with Gasteiger partial charge in [-0.1, -0.05) is 12.2 Å². The molecule has 8 heteroatoms. The molecule has 30 heavy (non-hydrogen) atoms. The van der Waals surface area contributed by atoms with E-state index in [0.717, 1.165) is 25.4 Å². The average Bonchev–Trinajstić information content (AvgIpc) is 3.33. The molecule has 2 aliphatic heterocycles. The van der Waals surface area contributed by atoms with Crippen LogP contribution in [0.3, 0.4) is 0 Å². The number of hydrogen-bond acceptors (Lipinski definition) is 3. The number of amides is 1. The zero-order valence-corrected chi connectivity index (χ0v) is 17.5. The Kier molecular flexibility index (Phi) is 7.47. The topological polar surface area (TPSA) is 60.9 Å². The van der Waals surface area contributed by atoms with E-state index < -0.39 is 12.1 Å². The second kappa shape index (κ2) is 9.71. The van der Waals surface area contributed by atoms with Gasteiger partial charge in [0.05, 0.1) is 0 Å². The van der Waals surface area contributed by atoms with Crippen molar-refractivity contribution in [2.45, 2.75) is 64.0 Å². The molecule has 170 valence electrons. The summed E-state index contributed by atoms with van der Waals surface area (Å²) in [6, 6.07) is 0. The molecule has 5 nitrogen and oxygen atoms in total. The minimum absolute atomic E-state index is 0.384. The van der Waals surface area contributed by atoms with E-state index in [4.69, 9.17) is 9.90 Å². The van der Waals surface area contributed by atoms with E-state index in [9.17, 15) is 18.0 Å². The molecule has 4 aliphatic rings. The predicted octanol–water partition coefficient (Wildman–Crippen LogP) is 4.09. The van der Waals surface area contributed by atoms with Crippen LogP contribution in [-0.4, -0.2) is 65.7 Å². The van der Waals surface area contributed by atoms with Gasteiger partial charge in [0.15, 0.2) is 0 Å². The maximum absolute atomic E-state index is 12.3. The summed E-state index contributed by atoms with van der Waals surface area (Å²) in [5, 5.41) is 7.12. The molecule has 0 aromatic carbocycles. The summed E-state index contributed by atoms with van der Waals surface area (Å²) in [5.74, 6) is -0.688. The van der Waals surface area contributed by atoms with Crippen molar-refractivity contribution in [2.75, 3.05) is 32.7 Å². The molecule has 1 saturated heterocycles. The zero-order chi connectivity index (χ0) is 21.8. The van der Waals surface area contributed by atoms with Gasteiger partial charge >= 0.3 is 12.1 Å². The van der Waals surface area contributed by atoms with E-state index in [0.29, 0.717) is 17.2 Å². The molecule has 0 bridgehead atoms. The van der Waals surface area contributed by atoms with Crippen LogP contribution in [0, 0.1) is 17.3 Å². The van der Waals surface area contributed by atoms with Crippen LogP contribution in [0.1, 0.15) is 57.8 Å². The van der Waals surface area contributed by atoms with E-state index in [-0.39, 0.29) is 0 Å². The number of rotatable bonds is 4. The number of carboxylic acid groups (broad SMARTS) is 1. The molecule has 2 aliphatic carbocycles. The van der Waals surface area contributed by atoms with E-state index in [2.05, 4.69) is 17.1 Å². The number of nitrogens with zero attached hydrogens (tertiary/aromatic N) is 2. The number of hydrogen-bond donors (Lipinski definition) is 1. The van der Waals surface area contributed by atoms with Crippen molar-refractivity contribution in [3.05, 3.63) is 12.2 Å². The molecular formula is C22H33F3N2O3. The van der Waals surface area contributed by atoms with Gasteiger partial charge in [0.2, 0.25) is 5.91 Å². The third-order valence-corrected chi connectivity index (χ3v) is 7.17. The second-order valence-corrected chi connectivity index (χ2v) is 9.46. The first kappa shape index (κ1) is 23.1. The molecule has 0 atom stereocenters. The number of likely N-dealkylation sites (tertiary alicyclic amines) is 1. The zero-order valence-electron chi connectivity index (χ0n) is 17.5. The number of alkyl halides is 3. The molecule has 1 amide bonds. The van der Waals surface area contributed by atoms with E-state index >= 15 is 0 Å². The van der Waals surface area contributed by atoms with Crippen LogP contribution < -0.4 is 0 Å². The van der Waals surface area contributed by atoms with Gasteiger partial charge in [-0.25, -0.2) is 4.79 Å². The van der Waals surface area contributed by atoms with Crippen molar-refractivity contribution in [2.24, 2.45) is 17.3 Å². The quantitative estimate of drug-likeness (QED) is 0.683.